The Kier molecular flexibility index (Phi) is 3.97. The molecule has 2 N–H and O–H groups in total. The number of pyridine rings is 1. The van der Waals surface area contributed by atoms with Gasteiger partial charge in [0.1, 0.15) is 5.82 Å². The molecule has 110 valence electrons. The molecule has 1 fully saturated rings. The first-order valence-electron chi connectivity index (χ1n) is 8.19. The number of nitrogens with zero attached hydrogens (tertiary/aromatic N) is 2. The van der Waals surface area contributed by atoms with Gasteiger partial charge in [0.25, 0.3) is 0 Å². The number of piperidine rings is 1. The number of aromatic nitrogens is 1. The van der Waals surface area contributed by atoms with Gasteiger partial charge in [-0.25, -0.2) is 4.98 Å². The van der Waals surface area contributed by atoms with Crippen LogP contribution in [0.3, 0.4) is 0 Å². The van der Waals surface area contributed by atoms with Crippen molar-refractivity contribution in [2.75, 3.05) is 11.4 Å². The van der Waals surface area contributed by atoms with Gasteiger partial charge in [0.15, 0.2) is 0 Å². The van der Waals surface area contributed by atoms with E-state index in [1.54, 1.807) is 0 Å². The van der Waals surface area contributed by atoms with E-state index in [1.165, 1.54) is 54.7 Å². The molecular formula is C17H27N3. The van der Waals surface area contributed by atoms with Crippen LogP contribution in [0.15, 0.2) is 6.07 Å². The summed E-state index contributed by atoms with van der Waals surface area (Å²) in [5.74, 6) is 1.92. The molecule has 0 saturated carbocycles. The molecule has 0 radical (unpaired) electrons. The first-order chi connectivity index (χ1) is 9.70. The van der Waals surface area contributed by atoms with Gasteiger partial charge in [0.05, 0.1) is 0 Å². The van der Waals surface area contributed by atoms with Crippen molar-refractivity contribution in [3.63, 3.8) is 0 Å². The quantitative estimate of drug-likeness (QED) is 0.900. The Bertz CT molecular complexity index is 483. The van der Waals surface area contributed by atoms with Crippen LogP contribution in [-0.4, -0.2) is 17.6 Å². The van der Waals surface area contributed by atoms with Gasteiger partial charge >= 0.3 is 0 Å². The van der Waals surface area contributed by atoms with Crippen LogP contribution in [0.5, 0.6) is 0 Å². The average molecular weight is 273 g/mol. The lowest BCUT2D eigenvalue weighted by Crippen LogP contribution is -2.43. The van der Waals surface area contributed by atoms with Gasteiger partial charge < -0.3 is 10.6 Å². The summed E-state index contributed by atoms with van der Waals surface area (Å²) in [4.78, 5) is 7.54. The van der Waals surface area contributed by atoms with E-state index in [0.29, 0.717) is 12.6 Å². The molecule has 2 heterocycles. The molecule has 0 bridgehead atoms. The van der Waals surface area contributed by atoms with Gasteiger partial charge in [-0.15, -0.1) is 0 Å². The summed E-state index contributed by atoms with van der Waals surface area (Å²) in [6.07, 6.45) is 7.52. The Hall–Kier alpha value is -1.09. The van der Waals surface area contributed by atoms with E-state index < -0.39 is 0 Å². The molecule has 1 aromatic rings. The van der Waals surface area contributed by atoms with Crippen molar-refractivity contribution in [3.05, 3.63) is 22.9 Å². The Labute approximate surface area is 122 Å². The van der Waals surface area contributed by atoms with Gasteiger partial charge in [-0.2, -0.15) is 0 Å². The summed E-state index contributed by atoms with van der Waals surface area (Å²) in [5, 5.41) is 0. The zero-order valence-electron chi connectivity index (χ0n) is 12.9. The Morgan fingerprint density at radius 1 is 1.25 bits per heavy atom. The van der Waals surface area contributed by atoms with Crippen LogP contribution in [0.2, 0.25) is 0 Å². The van der Waals surface area contributed by atoms with Crippen molar-refractivity contribution in [1.29, 1.82) is 0 Å². The predicted molar refractivity (Wildman–Crippen MR) is 84.0 cm³/mol. The molecule has 1 aromatic heterocycles. The third kappa shape index (κ3) is 2.44. The number of hydrogen-bond acceptors (Lipinski definition) is 3. The summed E-state index contributed by atoms with van der Waals surface area (Å²) in [6, 6.07) is 2.91. The van der Waals surface area contributed by atoms with Gasteiger partial charge in [-0.3, -0.25) is 0 Å². The van der Waals surface area contributed by atoms with Gasteiger partial charge in [0, 0.05) is 30.4 Å². The topological polar surface area (TPSA) is 42.2 Å². The standard InChI is InChI=1S/C17H27N3/c1-12-6-5-9-20(13(12)2)17-15(11-18)10-14-7-3-4-8-16(14)19-17/h10,12-13H,3-9,11,18H2,1-2H3. The fourth-order valence-corrected chi connectivity index (χ4v) is 3.70. The fourth-order valence-electron chi connectivity index (χ4n) is 3.70. The zero-order valence-corrected chi connectivity index (χ0v) is 12.9. The Balaban J connectivity index is 1.99. The van der Waals surface area contributed by atoms with E-state index in [9.17, 15) is 0 Å². The van der Waals surface area contributed by atoms with Gasteiger partial charge in [-0.1, -0.05) is 6.92 Å². The van der Waals surface area contributed by atoms with Crippen LogP contribution in [0.1, 0.15) is 56.4 Å². The number of nitrogens with two attached hydrogens (primary N) is 1. The fraction of sp³-hybridized carbons (Fsp3) is 0.706. The summed E-state index contributed by atoms with van der Waals surface area (Å²) in [7, 11) is 0. The molecule has 2 unspecified atom stereocenters. The second-order valence-electron chi connectivity index (χ2n) is 6.54. The summed E-state index contributed by atoms with van der Waals surface area (Å²) in [6.45, 7) is 6.43. The van der Waals surface area contributed by atoms with Crippen molar-refractivity contribution in [2.24, 2.45) is 11.7 Å². The molecule has 1 aliphatic carbocycles. The SMILES string of the molecule is CC1CCCN(c2nc3c(cc2CN)CCCC3)C1C. The smallest absolute Gasteiger partial charge is 0.133 e. The van der Waals surface area contributed by atoms with E-state index in [4.69, 9.17) is 10.7 Å². The number of rotatable bonds is 2. The number of aryl methyl sites for hydroxylation is 2. The third-order valence-electron chi connectivity index (χ3n) is 5.22. The van der Waals surface area contributed by atoms with Crippen LogP contribution >= 0.6 is 0 Å². The average Bonchev–Trinajstić information content (AvgIpc) is 2.48. The lowest BCUT2D eigenvalue weighted by molar-refractivity contribution is 0.360. The molecule has 0 aromatic carbocycles. The molecule has 3 nitrogen and oxygen atoms in total. The molecule has 0 spiro atoms. The monoisotopic (exact) mass is 273 g/mol. The molecule has 2 aliphatic rings. The highest BCUT2D eigenvalue weighted by Gasteiger charge is 2.28. The Morgan fingerprint density at radius 3 is 2.85 bits per heavy atom. The lowest BCUT2D eigenvalue weighted by Gasteiger charge is -2.40. The van der Waals surface area contributed by atoms with Crippen molar-refractivity contribution in [2.45, 2.75) is 65.0 Å². The molecular weight excluding hydrogens is 246 g/mol. The van der Waals surface area contributed by atoms with Crippen molar-refractivity contribution in [1.82, 2.24) is 4.98 Å². The number of hydrogen-bond donors (Lipinski definition) is 1. The summed E-state index contributed by atoms with van der Waals surface area (Å²) in [5.41, 5.74) is 10.0. The van der Waals surface area contributed by atoms with Crippen LogP contribution in [0.25, 0.3) is 0 Å². The van der Waals surface area contributed by atoms with Crippen molar-refractivity contribution < 1.29 is 0 Å². The van der Waals surface area contributed by atoms with Gasteiger partial charge in [0.2, 0.25) is 0 Å². The molecule has 0 amide bonds. The largest absolute Gasteiger partial charge is 0.353 e. The minimum absolute atomic E-state index is 0.572. The number of fused-ring (bicyclic) bond motifs is 1. The van der Waals surface area contributed by atoms with Crippen molar-refractivity contribution in [3.8, 4) is 0 Å². The molecule has 3 rings (SSSR count). The highest BCUT2D eigenvalue weighted by Crippen LogP contribution is 2.32. The Morgan fingerprint density at radius 2 is 2.05 bits per heavy atom. The van der Waals surface area contributed by atoms with Crippen LogP contribution in [0.4, 0.5) is 5.82 Å². The number of anilines is 1. The highest BCUT2D eigenvalue weighted by molar-refractivity contribution is 5.51. The minimum atomic E-state index is 0.572. The third-order valence-corrected chi connectivity index (χ3v) is 5.22. The highest BCUT2D eigenvalue weighted by atomic mass is 15.2. The summed E-state index contributed by atoms with van der Waals surface area (Å²) >= 11 is 0. The summed E-state index contributed by atoms with van der Waals surface area (Å²) < 4.78 is 0. The van der Waals surface area contributed by atoms with Crippen LogP contribution in [-0.2, 0) is 19.4 Å². The molecule has 1 saturated heterocycles. The maximum Gasteiger partial charge on any atom is 0.133 e. The predicted octanol–water partition coefficient (Wildman–Crippen LogP) is 3.04. The minimum Gasteiger partial charge on any atom is -0.353 e. The van der Waals surface area contributed by atoms with E-state index in [2.05, 4.69) is 24.8 Å². The molecule has 3 heteroatoms. The zero-order chi connectivity index (χ0) is 14.1. The first-order valence-corrected chi connectivity index (χ1v) is 8.19. The van der Waals surface area contributed by atoms with Crippen LogP contribution in [0, 0.1) is 5.92 Å². The second kappa shape index (κ2) is 5.72. The van der Waals surface area contributed by atoms with Crippen molar-refractivity contribution >= 4 is 5.82 Å². The maximum atomic E-state index is 6.00. The van der Waals surface area contributed by atoms with Gasteiger partial charge in [-0.05, 0) is 63.0 Å². The first kappa shape index (κ1) is 13.9. The normalized spacial score (nSPS) is 26.4. The van der Waals surface area contributed by atoms with E-state index in [1.807, 2.05) is 0 Å². The van der Waals surface area contributed by atoms with Crippen LogP contribution < -0.4 is 10.6 Å². The maximum absolute atomic E-state index is 6.00. The van der Waals surface area contributed by atoms with E-state index >= 15 is 0 Å². The molecule has 2 atom stereocenters. The molecule has 20 heavy (non-hydrogen) atoms. The van der Waals surface area contributed by atoms with E-state index in [-0.39, 0.29) is 0 Å². The van der Waals surface area contributed by atoms with E-state index in [0.717, 1.165) is 18.9 Å². The molecule has 1 aliphatic heterocycles. The lowest BCUT2D eigenvalue weighted by atomic mass is 9.90. The second-order valence-corrected chi connectivity index (χ2v) is 6.54.